The highest BCUT2D eigenvalue weighted by Gasteiger charge is 2.15. The molecule has 1 heterocycles. The van der Waals surface area contributed by atoms with E-state index in [1.165, 1.54) is 6.42 Å². The van der Waals surface area contributed by atoms with Crippen molar-refractivity contribution in [1.29, 1.82) is 0 Å². The van der Waals surface area contributed by atoms with Gasteiger partial charge >= 0.3 is 0 Å². The van der Waals surface area contributed by atoms with Crippen molar-refractivity contribution in [3.05, 3.63) is 22.2 Å². The molecule has 1 fully saturated rings. The minimum atomic E-state index is 0.360. The molecule has 4 nitrogen and oxygen atoms in total. The van der Waals surface area contributed by atoms with Gasteiger partial charge in [-0.15, -0.1) is 0 Å². The lowest BCUT2D eigenvalue weighted by atomic mass is 10.2. The maximum atomic E-state index is 5.58. The Morgan fingerprint density at radius 2 is 2.05 bits per heavy atom. The predicted octanol–water partition coefficient (Wildman–Crippen LogP) is 2.73. The minimum Gasteiger partial charge on any atom is -0.493 e. The van der Waals surface area contributed by atoms with Crippen LogP contribution < -0.4 is 14.8 Å². The zero-order valence-corrected chi connectivity index (χ0v) is 13.0. The summed E-state index contributed by atoms with van der Waals surface area (Å²) in [7, 11) is 3.29. The number of methoxy groups -OCH3 is 2. The molecular weight excluding hydrogens is 310 g/mol. The molecule has 1 aliphatic heterocycles. The van der Waals surface area contributed by atoms with Gasteiger partial charge in [0.2, 0.25) is 0 Å². The molecule has 0 aromatic heterocycles. The normalized spacial score (nSPS) is 18.6. The van der Waals surface area contributed by atoms with Crippen LogP contribution in [-0.2, 0) is 11.3 Å². The monoisotopic (exact) mass is 329 g/mol. The van der Waals surface area contributed by atoms with Gasteiger partial charge in [0, 0.05) is 24.2 Å². The van der Waals surface area contributed by atoms with E-state index < -0.39 is 0 Å². The van der Waals surface area contributed by atoms with Crippen LogP contribution in [0, 0.1) is 0 Å². The highest BCUT2D eigenvalue weighted by molar-refractivity contribution is 9.10. The first-order valence-electron chi connectivity index (χ1n) is 6.47. The van der Waals surface area contributed by atoms with Crippen LogP contribution in [0.4, 0.5) is 0 Å². The second-order valence-corrected chi connectivity index (χ2v) is 5.42. The lowest BCUT2D eigenvalue weighted by molar-refractivity contribution is 0.110. The third-order valence-electron chi connectivity index (χ3n) is 3.26. The molecule has 106 valence electrons. The predicted molar refractivity (Wildman–Crippen MR) is 77.9 cm³/mol. The Bertz CT molecular complexity index is 419. The number of rotatable bonds is 6. The summed E-state index contributed by atoms with van der Waals surface area (Å²) in [5, 5.41) is 3.42. The number of benzene rings is 1. The molecule has 0 spiro atoms. The van der Waals surface area contributed by atoms with Crippen LogP contribution in [0.25, 0.3) is 0 Å². The summed E-state index contributed by atoms with van der Waals surface area (Å²) in [6.07, 6.45) is 2.69. The van der Waals surface area contributed by atoms with Gasteiger partial charge in [0.15, 0.2) is 11.5 Å². The van der Waals surface area contributed by atoms with Crippen molar-refractivity contribution in [2.24, 2.45) is 0 Å². The maximum Gasteiger partial charge on any atom is 0.161 e. The first-order chi connectivity index (χ1) is 9.24. The lowest BCUT2D eigenvalue weighted by Gasteiger charge is -2.14. The van der Waals surface area contributed by atoms with Crippen molar-refractivity contribution in [3.8, 4) is 11.5 Å². The third-order valence-corrected chi connectivity index (χ3v) is 4.00. The number of hydrogen-bond acceptors (Lipinski definition) is 4. The van der Waals surface area contributed by atoms with Crippen molar-refractivity contribution in [1.82, 2.24) is 5.32 Å². The fraction of sp³-hybridized carbons (Fsp3) is 0.571. The summed E-state index contributed by atoms with van der Waals surface area (Å²) in [4.78, 5) is 0. The van der Waals surface area contributed by atoms with Crippen LogP contribution in [0.5, 0.6) is 11.5 Å². The van der Waals surface area contributed by atoms with Gasteiger partial charge in [0.25, 0.3) is 0 Å². The fourth-order valence-electron chi connectivity index (χ4n) is 2.20. The average molecular weight is 330 g/mol. The van der Waals surface area contributed by atoms with E-state index in [2.05, 4.69) is 21.2 Å². The molecule has 0 bridgehead atoms. The highest BCUT2D eigenvalue weighted by Crippen LogP contribution is 2.33. The van der Waals surface area contributed by atoms with Gasteiger partial charge in [-0.25, -0.2) is 0 Å². The first-order valence-corrected chi connectivity index (χ1v) is 7.26. The Morgan fingerprint density at radius 3 is 2.68 bits per heavy atom. The summed E-state index contributed by atoms with van der Waals surface area (Å²) in [5.74, 6) is 1.48. The molecule has 19 heavy (non-hydrogen) atoms. The number of hydrogen-bond donors (Lipinski definition) is 1. The molecule has 1 N–H and O–H groups in total. The molecular formula is C14H20BrNO3. The van der Waals surface area contributed by atoms with Gasteiger partial charge in [-0.3, -0.25) is 0 Å². The number of nitrogens with one attached hydrogen (secondary N) is 1. The van der Waals surface area contributed by atoms with Gasteiger partial charge in [0.1, 0.15) is 0 Å². The van der Waals surface area contributed by atoms with E-state index in [0.717, 1.165) is 47.7 Å². The number of ether oxygens (including phenoxy) is 3. The Balaban J connectivity index is 1.95. The smallest absolute Gasteiger partial charge is 0.161 e. The number of halogens is 1. The molecule has 5 heteroatoms. The van der Waals surface area contributed by atoms with E-state index in [1.54, 1.807) is 14.2 Å². The van der Waals surface area contributed by atoms with Crippen LogP contribution in [0.3, 0.4) is 0 Å². The van der Waals surface area contributed by atoms with Crippen LogP contribution in [0.1, 0.15) is 18.4 Å². The fourth-order valence-corrected chi connectivity index (χ4v) is 2.67. The van der Waals surface area contributed by atoms with Crippen molar-refractivity contribution < 1.29 is 14.2 Å². The zero-order valence-electron chi connectivity index (χ0n) is 11.4. The van der Waals surface area contributed by atoms with Crippen molar-refractivity contribution >= 4 is 15.9 Å². The summed E-state index contributed by atoms with van der Waals surface area (Å²) in [6, 6.07) is 3.92. The summed E-state index contributed by atoms with van der Waals surface area (Å²) < 4.78 is 17.2. The van der Waals surface area contributed by atoms with Gasteiger partial charge in [-0.1, -0.05) is 15.9 Å². The molecule has 0 saturated carbocycles. The quantitative estimate of drug-likeness (QED) is 0.871. The molecule has 2 rings (SSSR count). The average Bonchev–Trinajstić information content (AvgIpc) is 2.93. The van der Waals surface area contributed by atoms with Crippen molar-refractivity contribution in [2.45, 2.75) is 25.5 Å². The Hall–Kier alpha value is -0.780. The van der Waals surface area contributed by atoms with E-state index in [1.807, 2.05) is 12.1 Å². The largest absolute Gasteiger partial charge is 0.493 e. The van der Waals surface area contributed by atoms with Crippen LogP contribution in [0.2, 0.25) is 0 Å². The van der Waals surface area contributed by atoms with E-state index in [4.69, 9.17) is 14.2 Å². The lowest BCUT2D eigenvalue weighted by Crippen LogP contribution is -2.25. The maximum absolute atomic E-state index is 5.58. The standard InChI is InChI=1S/C14H20BrNO3/c1-17-13-6-10(12(15)7-14(13)18-2)8-16-9-11-4-3-5-19-11/h6-7,11,16H,3-5,8-9H2,1-2H3/t11-/m1/s1. The van der Waals surface area contributed by atoms with E-state index in [0.29, 0.717) is 6.10 Å². The molecule has 1 saturated heterocycles. The molecule has 1 aromatic carbocycles. The Kier molecular flexibility index (Phi) is 5.48. The second kappa shape index (κ2) is 7.12. The molecule has 1 aliphatic rings. The second-order valence-electron chi connectivity index (χ2n) is 4.56. The van der Waals surface area contributed by atoms with Crippen LogP contribution in [0.15, 0.2) is 16.6 Å². The van der Waals surface area contributed by atoms with Crippen molar-refractivity contribution in [2.75, 3.05) is 27.4 Å². The van der Waals surface area contributed by atoms with Gasteiger partial charge in [-0.05, 0) is 30.5 Å². The summed E-state index contributed by atoms with van der Waals surface area (Å²) in [5.41, 5.74) is 1.15. The molecule has 1 atom stereocenters. The molecule has 0 amide bonds. The molecule has 0 aliphatic carbocycles. The van der Waals surface area contributed by atoms with Gasteiger partial charge < -0.3 is 19.5 Å². The zero-order chi connectivity index (χ0) is 13.7. The topological polar surface area (TPSA) is 39.7 Å². The Labute approximate surface area is 122 Å². The SMILES string of the molecule is COc1cc(Br)c(CNC[C@H]2CCCO2)cc1OC. The summed E-state index contributed by atoms with van der Waals surface area (Å²) in [6.45, 7) is 2.56. The van der Waals surface area contributed by atoms with Crippen LogP contribution in [-0.4, -0.2) is 33.5 Å². The van der Waals surface area contributed by atoms with E-state index in [9.17, 15) is 0 Å². The first kappa shape index (κ1) is 14.6. The van der Waals surface area contributed by atoms with Crippen molar-refractivity contribution in [3.63, 3.8) is 0 Å². The molecule has 0 unspecified atom stereocenters. The molecule has 0 radical (unpaired) electrons. The Morgan fingerprint density at radius 1 is 1.32 bits per heavy atom. The highest BCUT2D eigenvalue weighted by atomic mass is 79.9. The van der Waals surface area contributed by atoms with E-state index >= 15 is 0 Å². The van der Waals surface area contributed by atoms with Gasteiger partial charge in [0.05, 0.1) is 20.3 Å². The summed E-state index contributed by atoms with van der Waals surface area (Å²) >= 11 is 3.56. The van der Waals surface area contributed by atoms with E-state index in [-0.39, 0.29) is 0 Å². The van der Waals surface area contributed by atoms with Gasteiger partial charge in [-0.2, -0.15) is 0 Å². The van der Waals surface area contributed by atoms with Crippen LogP contribution >= 0.6 is 15.9 Å². The third kappa shape index (κ3) is 3.84. The minimum absolute atomic E-state index is 0.360. The molecule has 1 aromatic rings.